The van der Waals surface area contributed by atoms with Gasteiger partial charge in [-0.1, -0.05) is 6.07 Å². The van der Waals surface area contributed by atoms with E-state index in [2.05, 4.69) is 15.5 Å². The average Bonchev–Trinajstić information content (AvgIpc) is 3.17. The third kappa shape index (κ3) is 3.36. The van der Waals surface area contributed by atoms with Gasteiger partial charge in [0.25, 0.3) is 11.5 Å². The van der Waals surface area contributed by atoms with Crippen LogP contribution in [-0.4, -0.2) is 32.5 Å². The number of aromatic nitrogens is 4. The van der Waals surface area contributed by atoms with E-state index in [-0.39, 0.29) is 0 Å². The molecule has 0 atom stereocenters. The number of ether oxygens (including phenoxy) is 1. The van der Waals surface area contributed by atoms with Crippen molar-refractivity contribution in [3.05, 3.63) is 82.0 Å². The van der Waals surface area contributed by atoms with Gasteiger partial charge in [-0.3, -0.25) is 15.0 Å². The van der Waals surface area contributed by atoms with Gasteiger partial charge in [0.15, 0.2) is 5.65 Å². The van der Waals surface area contributed by atoms with Gasteiger partial charge in [-0.05, 0) is 61.4 Å². The normalized spacial score (nSPS) is 10.9. The molecule has 0 radical (unpaired) electrons. The summed E-state index contributed by atoms with van der Waals surface area (Å²) in [5, 5.41) is 4.62. The van der Waals surface area contributed by atoms with Gasteiger partial charge in [-0.2, -0.15) is 5.10 Å². The fourth-order valence-corrected chi connectivity index (χ4v) is 2.95. The molecule has 1 amide bonds. The first-order valence-corrected chi connectivity index (χ1v) is 8.96. The number of rotatable bonds is 4. The molecular weight excluding hydrogens is 370 g/mol. The topological polar surface area (TPSA) is 91.0 Å². The number of carbonyl (C=O) groups excluding carboxylic acids is 1. The summed E-state index contributed by atoms with van der Waals surface area (Å²) in [4.78, 5) is 29.6. The quantitative estimate of drug-likeness (QED) is 0.579. The zero-order chi connectivity index (χ0) is 20.5. The molecule has 0 aliphatic rings. The number of hydrogen-bond donors (Lipinski definition) is 1. The first kappa shape index (κ1) is 18.4. The second-order valence-corrected chi connectivity index (χ2v) is 6.65. The van der Waals surface area contributed by atoms with Crippen molar-refractivity contribution in [3.8, 4) is 11.4 Å². The number of methoxy groups -OCH3 is 1. The van der Waals surface area contributed by atoms with Crippen LogP contribution in [0.4, 0.5) is 0 Å². The van der Waals surface area contributed by atoms with E-state index in [0.29, 0.717) is 22.3 Å². The van der Waals surface area contributed by atoms with Crippen LogP contribution < -0.4 is 15.7 Å². The molecule has 8 heteroatoms. The van der Waals surface area contributed by atoms with Gasteiger partial charge in [-0.25, -0.2) is 14.3 Å². The van der Waals surface area contributed by atoms with E-state index < -0.39 is 11.5 Å². The third-order valence-electron chi connectivity index (χ3n) is 4.80. The summed E-state index contributed by atoms with van der Waals surface area (Å²) in [6.07, 6.45) is 2.74. The number of nitrogens with one attached hydrogen (secondary N) is 1. The Balaban J connectivity index is 1.67. The number of benzene rings is 2. The lowest BCUT2D eigenvalue weighted by Crippen LogP contribution is -2.33. The van der Waals surface area contributed by atoms with Crippen LogP contribution in [0.25, 0.3) is 16.7 Å². The Bertz CT molecular complexity index is 1270. The Kier molecular flexibility index (Phi) is 4.59. The lowest BCUT2D eigenvalue weighted by Gasteiger charge is -2.09. The molecule has 4 aromatic rings. The van der Waals surface area contributed by atoms with Crippen LogP contribution in [0.5, 0.6) is 5.75 Å². The molecule has 4 rings (SSSR count). The lowest BCUT2D eigenvalue weighted by molar-refractivity contribution is 0.101. The molecule has 1 N–H and O–H groups in total. The number of carbonyl (C=O) groups is 1. The molecule has 0 unspecified atom stereocenters. The lowest BCUT2D eigenvalue weighted by atomic mass is 10.1. The van der Waals surface area contributed by atoms with Crippen LogP contribution in [0.3, 0.4) is 0 Å². The average molecular weight is 389 g/mol. The van der Waals surface area contributed by atoms with E-state index in [1.54, 1.807) is 36.1 Å². The molecule has 8 nitrogen and oxygen atoms in total. The second kappa shape index (κ2) is 7.23. The largest absolute Gasteiger partial charge is 0.497 e. The molecule has 0 saturated heterocycles. The molecule has 29 heavy (non-hydrogen) atoms. The Morgan fingerprint density at radius 3 is 2.52 bits per heavy atom. The zero-order valence-electron chi connectivity index (χ0n) is 16.2. The smallest absolute Gasteiger partial charge is 0.283 e. The first-order valence-electron chi connectivity index (χ1n) is 8.96. The molecule has 0 aliphatic heterocycles. The van der Waals surface area contributed by atoms with Crippen LogP contribution in [0.2, 0.25) is 0 Å². The van der Waals surface area contributed by atoms with Crippen LogP contribution in [-0.2, 0) is 0 Å². The maximum Gasteiger partial charge on any atom is 0.283 e. The number of amides is 1. The SMILES string of the molecule is COc1ccc(C(=O)Nn2cnc3c(cnn3-c3ccc(C)c(C)c3)c2=O)cc1. The van der Waals surface area contributed by atoms with Crippen molar-refractivity contribution in [1.82, 2.24) is 19.4 Å². The molecule has 2 heterocycles. The number of fused-ring (bicyclic) bond motifs is 1. The van der Waals surface area contributed by atoms with Gasteiger partial charge in [-0.15, -0.1) is 0 Å². The summed E-state index contributed by atoms with van der Waals surface area (Å²) in [6.45, 7) is 4.04. The van der Waals surface area contributed by atoms with E-state index in [0.717, 1.165) is 15.9 Å². The minimum Gasteiger partial charge on any atom is -0.497 e. The van der Waals surface area contributed by atoms with Crippen molar-refractivity contribution in [1.29, 1.82) is 0 Å². The van der Waals surface area contributed by atoms with E-state index in [1.807, 2.05) is 32.0 Å². The Labute approximate surface area is 166 Å². The van der Waals surface area contributed by atoms with Crippen molar-refractivity contribution in [2.24, 2.45) is 0 Å². The van der Waals surface area contributed by atoms with Crippen molar-refractivity contribution >= 4 is 16.9 Å². The van der Waals surface area contributed by atoms with Gasteiger partial charge >= 0.3 is 0 Å². The first-order chi connectivity index (χ1) is 14.0. The van der Waals surface area contributed by atoms with Crippen LogP contribution in [0, 0.1) is 13.8 Å². The number of aryl methyl sites for hydroxylation is 2. The van der Waals surface area contributed by atoms with E-state index in [1.165, 1.54) is 18.1 Å². The van der Waals surface area contributed by atoms with Crippen molar-refractivity contribution in [3.63, 3.8) is 0 Å². The van der Waals surface area contributed by atoms with Gasteiger partial charge in [0.05, 0.1) is 19.0 Å². The fourth-order valence-electron chi connectivity index (χ4n) is 2.95. The Morgan fingerprint density at radius 1 is 1.07 bits per heavy atom. The Hall–Kier alpha value is -3.94. The molecule has 2 aromatic heterocycles. The number of nitrogens with zero attached hydrogens (tertiary/aromatic N) is 4. The van der Waals surface area contributed by atoms with E-state index in [4.69, 9.17) is 4.74 Å². The summed E-state index contributed by atoms with van der Waals surface area (Å²) in [6, 6.07) is 12.5. The second-order valence-electron chi connectivity index (χ2n) is 6.65. The highest BCUT2D eigenvalue weighted by Crippen LogP contribution is 2.17. The highest BCUT2D eigenvalue weighted by molar-refractivity contribution is 6.00. The predicted molar refractivity (Wildman–Crippen MR) is 109 cm³/mol. The fraction of sp³-hybridized carbons (Fsp3) is 0.143. The molecule has 0 aliphatic carbocycles. The summed E-state index contributed by atoms with van der Waals surface area (Å²) >= 11 is 0. The van der Waals surface area contributed by atoms with Gasteiger partial charge in [0.1, 0.15) is 17.5 Å². The highest BCUT2D eigenvalue weighted by Gasteiger charge is 2.14. The van der Waals surface area contributed by atoms with E-state index in [9.17, 15) is 9.59 Å². The minimum absolute atomic E-state index is 0.306. The summed E-state index contributed by atoms with van der Waals surface area (Å²) in [5.41, 5.74) is 6.05. The monoisotopic (exact) mass is 389 g/mol. The summed E-state index contributed by atoms with van der Waals surface area (Å²) in [5.74, 6) is 0.206. The maximum absolute atomic E-state index is 12.8. The van der Waals surface area contributed by atoms with Gasteiger partial charge < -0.3 is 4.74 Å². The maximum atomic E-state index is 12.8. The summed E-state index contributed by atoms with van der Waals surface area (Å²) in [7, 11) is 1.55. The molecule has 2 aromatic carbocycles. The van der Waals surface area contributed by atoms with Crippen molar-refractivity contribution in [2.45, 2.75) is 13.8 Å². The van der Waals surface area contributed by atoms with Crippen LogP contribution in [0.1, 0.15) is 21.5 Å². The van der Waals surface area contributed by atoms with Crippen LogP contribution in [0.15, 0.2) is 59.8 Å². The molecule has 0 fully saturated rings. The van der Waals surface area contributed by atoms with Crippen molar-refractivity contribution < 1.29 is 9.53 Å². The standard InChI is InChI=1S/C21H19N5O3/c1-13-4-7-16(10-14(13)2)26-19-18(11-23-26)21(28)25(12-22-19)24-20(27)15-5-8-17(29-3)9-6-15/h4-12H,1-3H3,(H,24,27). The molecular formula is C21H19N5O3. The molecule has 0 bridgehead atoms. The Morgan fingerprint density at radius 2 is 1.83 bits per heavy atom. The zero-order valence-corrected chi connectivity index (χ0v) is 16.2. The molecule has 0 saturated carbocycles. The minimum atomic E-state index is -0.433. The van der Waals surface area contributed by atoms with Gasteiger partial charge in [0.2, 0.25) is 0 Å². The number of hydrogen-bond acceptors (Lipinski definition) is 5. The highest BCUT2D eigenvalue weighted by atomic mass is 16.5. The van der Waals surface area contributed by atoms with E-state index >= 15 is 0 Å². The third-order valence-corrected chi connectivity index (χ3v) is 4.80. The molecule has 146 valence electrons. The predicted octanol–water partition coefficient (Wildman–Crippen LogP) is 2.59. The molecule has 0 spiro atoms. The summed E-state index contributed by atoms with van der Waals surface area (Å²) < 4.78 is 7.75. The van der Waals surface area contributed by atoms with Gasteiger partial charge in [0, 0.05) is 5.56 Å². The van der Waals surface area contributed by atoms with Crippen LogP contribution >= 0.6 is 0 Å². The van der Waals surface area contributed by atoms with Crippen molar-refractivity contribution in [2.75, 3.05) is 12.5 Å².